The van der Waals surface area contributed by atoms with Gasteiger partial charge in [0.15, 0.2) is 0 Å². The van der Waals surface area contributed by atoms with Gasteiger partial charge in [-0.1, -0.05) is 30.3 Å². The summed E-state index contributed by atoms with van der Waals surface area (Å²) in [5, 5.41) is 11.0. The van der Waals surface area contributed by atoms with Gasteiger partial charge >= 0.3 is 0 Å². The summed E-state index contributed by atoms with van der Waals surface area (Å²) in [5.74, 6) is 0. The normalized spacial score (nSPS) is 13.2. The smallest absolute Gasteiger partial charge is 0.272 e. The second-order valence-electron chi connectivity index (χ2n) is 5.23. The van der Waals surface area contributed by atoms with Gasteiger partial charge in [-0.05, 0) is 24.5 Å². The second kappa shape index (κ2) is 5.44. The lowest BCUT2D eigenvalue weighted by Crippen LogP contribution is -2.24. The highest BCUT2D eigenvalue weighted by Crippen LogP contribution is 2.33. The highest BCUT2D eigenvalue weighted by atomic mass is 16.6. The largest absolute Gasteiger partial charge is 0.397 e. The lowest BCUT2D eigenvalue weighted by atomic mass is 10.1. The van der Waals surface area contributed by atoms with Crippen molar-refractivity contribution in [3.63, 3.8) is 0 Å². The number of nitrogen functional groups attached to an aromatic ring is 1. The van der Waals surface area contributed by atoms with Crippen LogP contribution in [0.2, 0.25) is 0 Å². The number of hydrogen-bond acceptors (Lipinski definition) is 4. The van der Waals surface area contributed by atoms with E-state index in [0.717, 1.165) is 36.4 Å². The third kappa shape index (κ3) is 2.54. The number of rotatable bonds is 4. The maximum Gasteiger partial charge on any atom is 0.272 e. The van der Waals surface area contributed by atoms with E-state index in [4.69, 9.17) is 5.73 Å². The molecule has 0 amide bonds. The fourth-order valence-electron chi connectivity index (χ4n) is 2.95. The molecule has 0 spiro atoms. The highest BCUT2D eigenvalue weighted by molar-refractivity contribution is 5.74. The van der Waals surface area contributed by atoms with E-state index in [0.29, 0.717) is 6.42 Å². The Hall–Kier alpha value is -2.56. The fourth-order valence-corrected chi connectivity index (χ4v) is 2.95. The van der Waals surface area contributed by atoms with E-state index in [1.54, 1.807) is 12.1 Å². The molecular weight excluding hydrogens is 266 g/mol. The lowest BCUT2D eigenvalue weighted by Gasteiger charge is -2.20. The Morgan fingerprint density at radius 1 is 1.19 bits per heavy atom. The molecule has 2 aromatic rings. The molecule has 0 fully saturated rings. The molecule has 0 saturated heterocycles. The van der Waals surface area contributed by atoms with E-state index in [1.165, 1.54) is 5.56 Å². The van der Waals surface area contributed by atoms with Gasteiger partial charge < -0.3 is 10.6 Å². The maximum atomic E-state index is 11.0. The summed E-state index contributed by atoms with van der Waals surface area (Å²) in [5.41, 5.74) is 10.2. The Labute approximate surface area is 123 Å². The molecule has 21 heavy (non-hydrogen) atoms. The molecule has 0 radical (unpaired) electrons. The number of nitrogens with zero attached hydrogens (tertiary/aromatic N) is 2. The molecule has 0 saturated carbocycles. The fraction of sp³-hybridized carbons (Fsp3) is 0.250. The minimum absolute atomic E-state index is 0.193. The molecule has 0 atom stereocenters. The first kappa shape index (κ1) is 13.4. The van der Waals surface area contributed by atoms with Crippen LogP contribution in [0, 0.1) is 10.1 Å². The number of para-hydroxylation sites is 2. The van der Waals surface area contributed by atoms with Crippen molar-refractivity contribution in [2.75, 3.05) is 23.7 Å². The average Bonchev–Trinajstić information content (AvgIpc) is 2.90. The number of nitro groups is 1. The Balaban J connectivity index is 1.78. The number of anilines is 2. The molecule has 108 valence electrons. The molecule has 0 bridgehead atoms. The van der Waals surface area contributed by atoms with Crippen molar-refractivity contribution < 1.29 is 4.92 Å². The van der Waals surface area contributed by atoms with E-state index in [1.807, 2.05) is 24.3 Å². The van der Waals surface area contributed by atoms with Crippen molar-refractivity contribution >= 4 is 17.1 Å². The second-order valence-corrected chi connectivity index (χ2v) is 5.23. The van der Waals surface area contributed by atoms with E-state index in [9.17, 15) is 10.1 Å². The molecule has 0 unspecified atom stereocenters. The minimum atomic E-state index is -0.318. The van der Waals surface area contributed by atoms with Gasteiger partial charge in [-0.2, -0.15) is 0 Å². The van der Waals surface area contributed by atoms with Gasteiger partial charge in [-0.3, -0.25) is 10.1 Å². The molecule has 5 heteroatoms. The van der Waals surface area contributed by atoms with Crippen molar-refractivity contribution in [3.05, 3.63) is 63.7 Å². The molecule has 1 heterocycles. The molecule has 0 aromatic heterocycles. The quantitative estimate of drug-likeness (QED) is 0.532. The van der Waals surface area contributed by atoms with Crippen LogP contribution in [-0.4, -0.2) is 18.0 Å². The number of hydrogen-bond donors (Lipinski definition) is 1. The van der Waals surface area contributed by atoms with Gasteiger partial charge in [0.2, 0.25) is 0 Å². The molecule has 1 aliphatic heterocycles. The summed E-state index contributed by atoms with van der Waals surface area (Å²) in [6, 6.07) is 12.9. The SMILES string of the molecule is Nc1cccc2c1N(CCc1ccccc1[N+](=O)[O-])CC2. The molecule has 2 aromatic carbocycles. The average molecular weight is 283 g/mol. The predicted octanol–water partition coefficient (Wildman–Crippen LogP) is 2.78. The first-order valence-electron chi connectivity index (χ1n) is 7.01. The topological polar surface area (TPSA) is 72.4 Å². The van der Waals surface area contributed by atoms with Crippen LogP contribution < -0.4 is 10.6 Å². The summed E-state index contributed by atoms with van der Waals surface area (Å²) in [6.45, 7) is 1.66. The zero-order valence-corrected chi connectivity index (χ0v) is 11.7. The zero-order valence-electron chi connectivity index (χ0n) is 11.7. The first-order valence-corrected chi connectivity index (χ1v) is 7.01. The third-order valence-electron chi connectivity index (χ3n) is 3.96. The Bertz CT molecular complexity index is 685. The van der Waals surface area contributed by atoms with E-state index >= 15 is 0 Å². The van der Waals surface area contributed by atoms with Crippen LogP contribution in [0.4, 0.5) is 17.1 Å². The van der Waals surface area contributed by atoms with Crippen LogP contribution >= 0.6 is 0 Å². The van der Waals surface area contributed by atoms with Crippen LogP contribution in [0.15, 0.2) is 42.5 Å². The van der Waals surface area contributed by atoms with Gasteiger partial charge in [0.05, 0.1) is 16.3 Å². The van der Waals surface area contributed by atoms with Gasteiger partial charge in [0, 0.05) is 24.7 Å². The summed E-state index contributed by atoms with van der Waals surface area (Å²) in [6.07, 6.45) is 1.63. The van der Waals surface area contributed by atoms with Crippen LogP contribution in [0.5, 0.6) is 0 Å². The summed E-state index contributed by atoms with van der Waals surface area (Å²) >= 11 is 0. The summed E-state index contributed by atoms with van der Waals surface area (Å²) in [7, 11) is 0. The summed E-state index contributed by atoms with van der Waals surface area (Å²) in [4.78, 5) is 12.9. The monoisotopic (exact) mass is 283 g/mol. The van der Waals surface area contributed by atoms with E-state index in [-0.39, 0.29) is 10.6 Å². The Kier molecular flexibility index (Phi) is 3.48. The Morgan fingerprint density at radius 3 is 2.81 bits per heavy atom. The molecule has 5 nitrogen and oxygen atoms in total. The van der Waals surface area contributed by atoms with E-state index in [2.05, 4.69) is 11.0 Å². The van der Waals surface area contributed by atoms with Crippen LogP contribution in [0.1, 0.15) is 11.1 Å². The molecule has 1 aliphatic rings. The third-order valence-corrected chi connectivity index (χ3v) is 3.96. The van der Waals surface area contributed by atoms with Gasteiger partial charge in [0.25, 0.3) is 5.69 Å². The minimum Gasteiger partial charge on any atom is -0.397 e. The predicted molar refractivity (Wildman–Crippen MR) is 83.6 cm³/mol. The molecule has 0 aliphatic carbocycles. The van der Waals surface area contributed by atoms with Crippen LogP contribution in [-0.2, 0) is 12.8 Å². The van der Waals surface area contributed by atoms with Gasteiger partial charge in [-0.25, -0.2) is 0 Å². The highest BCUT2D eigenvalue weighted by Gasteiger charge is 2.22. The van der Waals surface area contributed by atoms with E-state index < -0.39 is 0 Å². The van der Waals surface area contributed by atoms with Crippen molar-refractivity contribution in [2.45, 2.75) is 12.8 Å². The summed E-state index contributed by atoms with van der Waals surface area (Å²) < 4.78 is 0. The maximum absolute atomic E-state index is 11.0. The number of benzene rings is 2. The van der Waals surface area contributed by atoms with Crippen molar-refractivity contribution in [2.24, 2.45) is 0 Å². The number of nitrogens with two attached hydrogens (primary N) is 1. The lowest BCUT2D eigenvalue weighted by molar-refractivity contribution is -0.385. The van der Waals surface area contributed by atoms with Crippen LogP contribution in [0.25, 0.3) is 0 Å². The van der Waals surface area contributed by atoms with Crippen molar-refractivity contribution in [3.8, 4) is 0 Å². The molecule has 3 rings (SSSR count). The Morgan fingerprint density at radius 2 is 2.00 bits per heavy atom. The van der Waals surface area contributed by atoms with Gasteiger partial charge in [-0.15, -0.1) is 0 Å². The van der Waals surface area contributed by atoms with Crippen molar-refractivity contribution in [1.82, 2.24) is 0 Å². The van der Waals surface area contributed by atoms with Crippen molar-refractivity contribution in [1.29, 1.82) is 0 Å². The number of nitro benzene ring substituents is 1. The van der Waals surface area contributed by atoms with Gasteiger partial charge in [0.1, 0.15) is 0 Å². The standard InChI is InChI=1S/C16H17N3O2/c17-14-6-3-5-13-9-11-18(16(13)14)10-8-12-4-1-2-7-15(12)19(20)21/h1-7H,8-11,17H2. The first-order chi connectivity index (χ1) is 10.2. The van der Waals surface area contributed by atoms with Crippen LogP contribution in [0.3, 0.4) is 0 Å². The molecule has 2 N–H and O–H groups in total. The zero-order chi connectivity index (χ0) is 14.8. The number of fused-ring (bicyclic) bond motifs is 1. The molecular formula is C16H17N3O2.